The first-order chi connectivity index (χ1) is 22.6. The summed E-state index contributed by atoms with van der Waals surface area (Å²) in [4.78, 5) is 15.8. The lowest BCUT2D eigenvalue weighted by atomic mass is 10.0. The van der Waals surface area contributed by atoms with Crippen LogP contribution in [0.15, 0.2) is 102 Å². The minimum Gasteiger partial charge on any atom is -0.377 e. The summed E-state index contributed by atoms with van der Waals surface area (Å²) in [6.07, 6.45) is 0. The van der Waals surface area contributed by atoms with Gasteiger partial charge in [0.25, 0.3) is 15.9 Å². The first kappa shape index (κ1) is 32.7. The van der Waals surface area contributed by atoms with Gasteiger partial charge in [-0.15, -0.1) is 0 Å². The molecule has 1 amide bonds. The lowest BCUT2D eigenvalue weighted by Crippen LogP contribution is -2.44. The predicted molar refractivity (Wildman–Crippen MR) is 180 cm³/mol. The van der Waals surface area contributed by atoms with Crippen molar-refractivity contribution in [3.63, 3.8) is 0 Å². The van der Waals surface area contributed by atoms with Crippen LogP contribution in [0.25, 0.3) is 5.69 Å². The number of halogens is 3. The van der Waals surface area contributed by atoms with E-state index in [0.717, 1.165) is 5.56 Å². The summed E-state index contributed by atoms with van der Waals surface area (Å²) < 4.78 is 51.9. The van der Waals surface area contributed by atoms with Crippen molar-refractivity contribution in [1.29, 1.82) is 0 Å². The topological polar surface area (TPSA) is 84.7 Å². The SMILES string of the molecule is Cc1nn(-c2ccccc2F)c(C)c1C1COCCN1C(=O)c1cc(S(=O)(=O)N(Cc2ccccc2)c2ccccc2Cl)ccc1Cl. The molecule has 0 bridgehead atoms. The zero-order chi connectivity index (χ0) is 33.3. The fraction of sp³-hybridized carbons (Fsp3) is 0.200. The summed E-state index contributed by atoms with van der Waals surface area (Å²) in [6, 6.07) is 25.7. The molecule has 0 saturated carbocycles. The molecule has 242 valence electrons. The Bertz CT molecular complexity index is 2060. The summed E-state index contributed by atoms with van der Waals surface area (Å²) in [5.41, 5.74) is 3.33. The number of para-hydroxylation sites is 2. The zero-order valence-electron chi connectivity index (χ0n) is 25.6. The van der Waals surface area contributed by atoms with Crippen LogP contribution in [0.3, 0.4) is 0 Å². The van der Waals surface area contributed by atoms with Crippen LogP contribution < -0.4 is 4.31 Å². The highest BCUT2D eigenvalue weighted by molar-refractivity contribution is 7.92. The van der Waals surface area contributed by atoms with Crippen molar-refractivity contribution in [1.82, 2.24) is 14.7 Å². The summed E-state index contributed by atoms with van der Waals surface area (Å²) in [5, 5.41) is 4.96. The number of nitrogens with zero attached hydrogens (tertiary/aromatic N) is 4. The van der Waals surface area contributed by atoms with Gasteiger partial charge in [0, 0.05) is 17.8 Å². The number of benzene rings is 4. The Morgan fingerprint density at radius 1 is 0.957 bits per heavy atom. The summed E-state index contributed by atoms with van der Waals surface area (Å²) in [5.74, 6) is -0.898. The normalized spacial score (nSPS) is 15.1. The minimum atomic E-state index is -4.24. The number of anilines is 1. The molecule has 1 aromatic heterocycles. The van der Waals surface area contributed by atoms with Crippen LogP contribution in [0.1, 0.15) is 38.9 Å². The fourth-order valence-electron chi connectivity index (χ4n) is 5.89. The van der Waals surface area contributed by atoms with Gasteiger partial charge in [0.2, 0.25) is 0 Å². The van der Waals surface area contributed by atoms with Crippen LogP contribution in [-0.4, -0.2) is 48.8 Å². The number of aryl methyl sites for hydroxylation is 1. The van der Waals surface area contributed by atoms with Gasteiger partial charge in [-0.2, -0.15) is 5.10 Å². The molecule has 1 aliphatic heterocycles. The number of ether oxygens (including phenoxy) is 1. The van der Waals surface area contributed by atoms with Gasteiger partial charge >= 0.3 is 0 Å². The first-order valence-corrected chi connectivity index (χ1v) is 17.1. The summed E-state index contributed by atoms with van der Waals surface area (Å²) >= 11 is 13.1. The van der Waals surface area contributed by atoms with Crippen molar-refractivity contribution < 1.29 is 22.3 Å². The number of hydrogen-bond acceptors (Lipinski definition) is 5. The van der Waals surface area contributed by atoms with E-state index in [4.69, 9.17) is 27.9 Å². The third kappa shape index (κ3) is 6.38. The van der Waals surface area contributed by atoms with Gasteiger partial charge in [0.15, 0.2) is 0 Å². The van der Waals surface area contributed by atoms with E-state index in [0.29, 0.717) is 22.6 Å². The Kier molecular flexibility index (Phi) is 9.39. The molecule has 8 nitrogen and oxygen atoms in total. The number of carbonyl (C=O) groups excluding carboxylic acids is 1. The van der Waals surface area contributed by atoms with Crippen LogP contribution in [0.5, 0.6) is 0 Å². The Labute approximate surface area is 283 Å². The van der Waals surface area contributed by atoms with Crippen molar-refractivity contribution >= 4 is 44.8 Å². The average molecular weight is 694 g/mol. The molecular weight excluding hydrogens is 662 g/mol. The Morgan fingerprint density at radius 2 is 1.66 bits per heavy atom. The van der Waals surface area contributed by atoms with E-state index in [-0.39, 0.29) is 52.5 Å². The zero-order valence-corrected chi connectivity index (χ0v) is 27.9. The minimum absolute atomic E-state index is 0.00883. The molecule has 1 atom stereocenters. The molecule has 0 N–H and O–H groups in total. The largest absolute Gasteiger partial charge is 0.377 e. The van der Waals surface area contributed by atoms with E-state index in [1.54, 1.807) is 54.3 Å². The van der Waals surface area contributed by atoms with Crippen molar-refractivity contribution in [2.75, 3.05) is 24.1 Å². The molecule has 4 aromatic carbocycles. The molecule has 0 radical (unpaired) electrons. The maximum absolute atomic E-state index is 14.7. The van der Waals surface area contributed by atoms with E-state index < -0.39 is 27.8 Å². The molecule has 0 spiro atoms. The van der Waals surface area contributed by atoms with Crippen LogP contribution in [0.2, 0.25) is 10.0 Å². The Morgan fingerprint density at radius 3 is 2.40 bits per heavy atom. The summed E-state index contributed by atoms with van der Waals surface area (Å²) in [6.45, 7) is 4.29. The first-order valence-electron chi connectivity index (χ1n) is 14.9. The van der Waals surface area contributed by atoms with Crippen LogP contribution in [0.4, 0.5) is 10.1 Å². The number of rotatable bonds is 8. The number of morpholine rings is 1. The molecular formula is C35H31Cl2FN4O4S. The van der Waals surface area contributed by atoms with Crippen LogP contribution >= 0.6 is 23.2 Å². The molecule has 1 unspecified atom stereocenters. The maximum atomic E-state index is 14.7. The van der Waals surface area contributed by atoms with Gasteiger partial charge in [-0.1, -0.05) is 77.8 Å². The number of carbonyl (C=O) groups is 1. The lowest BCUT2D eigenvalue weighted by molar-refractivity contribution is -0.00304. The monoisotopic (exact) mass is 692 g/mol. The lowest BCUT2D eigenvalue weighted by Gasteiger charge is -2.36. The van der Waals surface area contributed by atoms with Gasteiger partial charge in [-0.25, -0.2) is 17.5 Å². The Balaban J connectivity index is 1.38. The molecule has 12 heteroatoms. The molecule has 1 saturated heterocycles. The highest BCUT2D eigenvalue weighted by atomic mass is 35.5. The van der Waals surface area contributed by atoms with E-state index in [2.05, 4.69) is 5.10 Å². The van der Waals surface area contributed by atoms with Crippen molar-refractivity contribution in [3.8, 4) is 5.69 Å². The maximum Gasteiger partial charge on any atom is 0.264 e. The predicted octanol–water partition coefficient (Wildman–Crippen LogP) is 7.54. The van der Waals surface area contributed by atoms with E-state index in [1.807, 2.05) is 37.3 Å². The van der Waals surface area contributed by atoms with Gasteiger partial charge in [0.05, 0.1) is 57.7 Å². The molecule has 47 heavy (non-hydrogen) atoms. The average Bonchev–Trinajstić information content (AvgIpc) is 3.37. The molecule has 0 aliphatic carbocycles. The Hall–Kier alpha value is -4.22. The van der Waals surface area contributed by atoms with Crippen LogP contribution in [0, 0.1) is 19.7 Å². The molecule has 1 fully saturated rings. The second-order valence-corrected chi connectivity index (χ2v) is 13.8. The van der Waals surface area contributed by atoms with E-state index in [9.17, 15) is 17.6 Å². The number of hydrogen-bond donors (Lipinski definition) is 0. The fourth-order valence-corrected chi connectivity index (χ4v) is 7.88. The van der Waals surface area contributed by atoms with E-state index >= 15 is 0 Å². The van der Waals surface area contributed by atoms with Crippen molar-refractivity contribution in [3.05, 3.63) is 141 Å². The third-order valence-corrected chi connectivity index (χ3v) is 10.6. The quantitative estimate of drug-likeness (QED) is 0.168. The smallest absolute Gasteiger partial charge is 0.264 e. The van der Waals surface area contributed by atoms with Crippen molar-refractivity contribution in [2.24, 2.45) is 0 Å². The number of aromatic nitrogens is 2. The van der Waals surface area contributed by atoms with Crippen molar-refractivity contribution in [2.45, 2.75) is 31.3 Å². The number of amides is 1. The number of sulfonamides is 1. The van der Waals surface area contributed by atoms with Gasteiger partial charge in [-0.3, -0.25) is 9.10 Å². The van der Waals surface area contributed by atoms with E-state index in [1.165, 1.54) is 33.3 Å². The van der Waals surface area contributed by atoms with Gasteiger partial charge in [-0.05, 0) is 61.9 Å². The highest BCUT2D eigenvalue weighted by Crippen LogP contribution is 2.36. The van der Waals surface area contributed by atoms with Crippen LogP contribution in [-0.2, 0) is 21.3 Å². The summed E-state index contributed by atoms with van der Waals surface area (Å²) in [7, 11) is -4.24. The molecule has 2 heterocycles. The molecule has 6 rings (SSSR count). The molecule has 5 aromatic rings. The standard InChI is InChI=1S/C35H31Cl2FN4O4S/c1-23-34(24(2)42(39-23)32-15-9-7-13-30(32)38)33-22-46-19-18-40(33)35(43)27-20-26(16-17-28(27)36)47(44,45)41(21-25-10-4-3-5-11-25)31-14-8-6-12-29(31)37/h3-17,20,33H,18-19,21-22H2,1-2H3. The third-order valence-electron chi connectivity index (χ3n) is 8.20. The molecule has 1 aliphatic rings. The van der Waals surface area contributed by atoms with Gasteiger partial charge in [0.1, 0.15) is 11.5 Å². The van der Waals surface area contributed by atoms with Gasteiger partial charge < -0.3 is 9.64 Å². The highest BCUT2D eigenvalue weighted by Gasteiger charge is 2.35. The second kappa shape index (κ2) is 13.5. The second-order valence-electron chi connectivity index (χ2n) is 11.1.